The molecule has 1 atom stereocenters. The fraction of sp³-hybridized carbons (Fsp3) is 0.143. The van der Waals surface area contributed by atoms with Gasteiger partial charge < -0.3 is 16.0 Å². The van der Waals surface area contributed by atoms with Gasteiger partial charge in [0.15, 0.2) is 0 Å². The fourth-order valence-corrected chi connectivity index (χ4v) is 4.31. The Balaban J connectivity index is 1.42. The molecule has 1 fully saturated rings. The van der Waals surface area contributed by atoms with Gasteiger partial charge in [-0.2, -0.15) is 5.26 Å². The van der Waals surface area contributed by atoms with E-state index in [1.807, 2.05) is 36.4 Å². The zero-order chi connectivity index (χ0) is 24.2. The van der Waals surface area contributed by atoms with Gasteiger partial charge in [-0.05, 0) is 41.5 Å². The van der Waals surface area contributed by atoms with E-state index in [9.17, 15) is 10.1 Å². The first-order valence-electron chi connectivity index (χ1n) is 11.4. The van der Waals surface area contributed by atoms with Crippen molar-refractivity contribution >= 4 is 17.4 Å². The van der Waals surface area contributed by atoms with Crippen molar-refractivity contribution in [2.45, 2.75) is 6.04 Å². The maximum atomic E-state index is 13.4. The molecule has 1 unspecified atom stereocenters. The summed E-state index contributed by atoms with van der Waals surface area (Å²) >= 11 is 0. The fourth-order valence-electron chi connectivity index (χ4n) is 4.31. The Labute approximate surface area is 203 Å². The summed E-state index contributed by atoms with van der Waals surface area (Å²) < 4.78 is 0. The van der Waals surface area contributed by atoms with E-state index in [0.717, 1.165) is 31.0 Å². The van der Waals surface area contributed by atoms with Crippen LogP contribution in [-0.4, -0.2) is 35.4 Å². The van der Waals surface area contributed by atoms with Crippen molar-refractivity contribution in [1.29, 1.82) is 5.26 Å². The number of hydrogen-bond acceptors (Lipinski definition) is 7. The Morgan fingerprint density at radius 3 is 2.69 bits per heavy atom. The molecule has 0 radical (unpaired) electrons. The summed E-state index contributed by atoms with van der Waals surface area (Å²) in [7, 11) is 0. The molecule has 35 heavy (non-hydrogen) atoms. The lowest BCUT2D eigenvalue weighted by atomic mass is 10.0. The number of pyridine rings is 2. The number of hydrogen-bond donors (Lipinski definition) is 2. The number of aromatic nitrogens is 2. The highest BCUT2D eigenvalue weighted by molar-refractivity contribution is 6.11. The van der Waals surface area contributed by atoms with Crippen molar-refractivity contribution in [2.24, 2.45) is 0 Å². The van der Waals surface area contributed by atoms with E-state index in [1.54, 1.807) is 36.5 Å². The number of nitrogens with two attached hydrogens (primary N) is 1. The summed E-state index contributed by atoms with van der Waals surface area (Å²) in [4.78, 5) is 24.6. The number of carbonyl (C=O) groups excluding carboxylic acids is 1. The molecular formula is C28H24N6O. The molecule has 2 aromatic carbocycles. The van der Waals surface area contributed by atoms with Crippen LogP contribution < -0.4 is 16.0 Å². The molecule has 3 heterocycles. The van der Waals surface area contributed by atoms with Crippen LogP contribution in [0.4, 0.5) is 11.6 Å². The van der Waals surface area contributed by atoms with Crippen molar-refractivity contribution in [3.05, 3.63) is 107 Å². The number of piperazine rings is 1. The van der Waals surface area contributed by atoms with Crippen LogP contribution >= 0.6 is 0 Å². The van der Waals surface area contributed by atoms with Crippen LogP contribution in [0.3, 0.4) is 0 Å². The minimum Gasteiger partial charge on any atom is -0.383 e. The number of carbonyl (C=O) groups is 1. The maximum absolute atomic E-state index is 13.4. The van der Waals surface area contributed by atoms with Crippen molar-refractivity contribution in [3.8, 4) is 17.2 Å². The Hall–Kier alpha value is -4.54. The SMILES string of the molecule is N#Cc1cccc(-c2cnc(N)c(C(=O)c3cccc(N4CCNC(c5ccccc5)C4)n3)c2)c1. The van der Waals surface area contributed by atoms with Gasteiger partial charge in [-0.15, -0.1) is 0 Å². The Bertz CT molecular complexity index is 1410. The van der Waals surface area contributed by atoms with Crippen molar-refractivity contribution in [3.63, 3.8) is 0 Å². The molecule has 7 nitrogen and oxygen atoms in total. The first kappa shape index (κ1) is 22.3. The summed E-state index contributed by atoms with van der Waals surface area (Å²) in [5, 5.41) is 12.8. The van der Waals surface area contributed by atoms with Crippen LogP contribution in [0.2, 0.25) is 0 Å². The number of nitriles is 1. The number of benzene rings is 2. The van der Waals surface area contributed by atoms with E-state index in [2.05, 4.69) is 33.4 Å². The monoisotopic (exact) mass is 460 g/mol. The second-order valence-corrected chi connectivity index (χ2v) is 8.42. The van der Waals surface area contributed by atoms with Gasteiger partial charge in [0.1, 0.15) is 17.3 Å². The quantitative estimate of drug-likeness (QED) is 0.434. The third kappa shape index (κ3) is 4.74. The number of nitrogens with zero attached hydrogens (tertiary/aromatic N) is 4. The molecule has 0 bridgehead atoms. The van der Waals surface area contributed by atoms with E-state index in [4.69, 9.17) is 10.7 Å². The average Bonchev–Trinajstić information content (AvgIpc) is 2.93. The highest BCUT2D eigenvalue weighted by atomic mass is 16.1. The van der Waals surface area contributed by atoms with Crippen LogP contribution in [0.15, 0.2) is 85.1 Å². The third-order valence-electron chi connectivity index (χ3n) is 6.16. The number of ketones is 1. The number of rotatable bonds is 5. The third-order valence-corrected chi connectivity index (χ3v) is 6.16. The smallest absolute Gasteiger partial charge is 0.215 e. The van der Waals surface area contributed by atoms with Gasteiger partial charge in [-0.3, -0.25) is 4.79 Å². The lowest BCUT2D eigenvalue weighted by Gasteiger charge is -2.35. The molecule has 5 rings (SSSR count). The molecule has 4 aromatic rings. The van der Waals surface area contributed by atoms with Gasteiger partial charge in [0, 0.05) is 37.4 Å². The molecule has 3 N–H and O–H groups in total. The lowest BCUT2D eigenvalue weighted by molar-refractivity contribution is 0.103. The predicted octanol–water partition coefficient (Wildman–Crippen LogP) is 3.98. The van der Waals surface area contributed by atoms with Gasteiger partial charge in [0.2, 0.25) is 5.78 Å². The molecule has 2 aromatic heterocycles. The minimum atomic E-state index is -0.287. The maximum Gasteiger partial charge on any atom is 0.215 e. The van der Waals surface area contributed by atoms with Crippen molar-refractivity contribution < 1.29 is 4.79 Å². The van der Waals surface area contributed by atoms with Gasteiger partial charge in [-0.25, -0.2) is 9.97 Å². The normalized spacial score (nSPS) is 15.4. The molecule has 1 aliphatic heterocycles. The van der Waals surface area contributed by atoms with E-state index in [0.29, 0.717) is 16.8 Å². The molecule has 1 aliphatic rings. The largest absolute Gasteiger partial charge is 0.383 e. The van der Waals surface area contributed by atoms with Crippen LogP contribution in [0, 0.1) is 11.3 Å². The van der Waals surface area contributed by atoms with Crippen molar-refractivity contribution in [2.75, 3.05) is 30.3 Å². The molecule has 172 valence electrons. The van der Waals surface area contributed by atoms with Crippen LogP contribution in [-0.2, 0) is 0 Å². The minimum absolute atomic E-state index is 0.147. The van der Waals surface area contributed by atoms with Gasteiger partial charge in [0.25, 0.3) is 0 Å². The Morgan fingerprint density at radius 2 is 1.86 bits per heavy atom. The second-order valence-electron chi connectivity index (χ2n) is 8.42. The lowest BCUT2D eigenvalue weighted by Crippen LogP contribution is -2.46. The van der Waals surface area contributed by atoms with E-state index in [-0.39, 0.29) is 23.2 Å². The number of nitrogen functional groups attached to an aromatic ring is 1. The van der Waals surface area contributed by atoms with E-state index < -0.39 is 0 Å². The highest BCUT2D eigenvalue weighted by Gasteiger charge is 2.23. The van der Waals surface area contributed by atoms with Crippen LogP contribution in [0.1, 0.15) is 33.2 Å². The zero-order valence-electron chi connectivity index (χ0n) is 19.1. The van der Waals surface area contributed by atoms with Crippen LogP contribution in [0.25, 0.3) is 11.1 Å². The number of anilines is 2. The van der Waals surface area contributed by atoms with Gasteiger partial charge in [0.05, 0.1) is 17.2 Å². The van der Waals surface area contributed by atoms with Gasteiger partial charge in [-0.1, -0.05) is 48.5 Å². The summed E-state index contributed by atoms with van der Waals surface area (Å²) in [6, 6.07) is 27.0. The first-order chi connectivity index (χ1) is 17.1. The highest BCUT2D eigenvalue weighted by Crippen LogP contribution is 2.26. The first-order valence-corrected chi connectivity index (χ1v) is 11.4. The molecule has 0 aliphatic carbocycles. The molecule has 0 saturated carbocycles. The Kier molecular flexibility index (Phi) is 6.20. The Morgan fingerprint density at radius 1 is 1.03 bits per heavy atom. The molecule has 7 heteroatoms. The second kappa shape index (κ2) is 9.75. The van der Waals surface area contributed by atoms with Crippen LogP contribution in [0.5, 0.6) is 0 Å². The van der Waals surface area contributed by atoms with E-state index >= 15 is 0 Å². The zero-order valence-corrected chi connectivity index (χ0v) is 19.1. The molecule has 1 saturated heterocycles. The topological polar surface area (TPSA) is 108 Å². The predicted molar refractivity (Wildman–Crippen MR) is 136 cm³/mol. The van der Waals surface area contributed by atoms with E-state index in [1.165, 1.54) is 5.56 Å². The summed E-state index contributed by atoms with van der Waals surface area (Å²) in [5.41, 5.74) is 9.96. The van der Waals surface area contributed by atoms with Crippen molar-refractivity contribution in [1.82, 2.24) is 15.3 Å². The summed E-state index contributed by atoms with van der Waals surface area (Å²) in [5.74, 6) is 0.612. The standard InChI is InChI=1S/C28H24N6O/c29-16-19-6-4-9-21(14-19)22-15-23(28(30)32-17-22)27(35)24-10-5-11-26(33-24)34-13-12-31-25(18-34)20-7-2-1-3-8-20/h1-11,14-15,17,25,31H,12-13,18H2,(H2,30,32). The molecular weight excluding hydrogens is 436 g/mol. The molecule has 0 amide bonds. The van der Waals surface area contributed by atoms with Gasteiger partial charge >= 0.3 is 0 Å². The molecule has 0 spiro atoms. The summed E-state index contributed by atoms with van der Waals surface area (Å²) in [6.07, 6.45) is 1.61. The average molecular weight is 461 g/mol. The number of nitrogens with one attached hydrogen (secondary N) is 1. The summed E-state index contributed by atoms with van der Waals surface area (Å²) in [6.45, 7) is 2.37.